The van der Waals surface area contributed by atoms with Crippen LogP contribution in [0, 0.1) is 0 Å². The van der Waals surface area contributed by atoms with Crippen molar-refractivity contribution in [3.8, 4) is 0 Å². The maximum Gasteiger partial charge on any atom is 0.253 e. The van der Waals surface area contributed by atoms with Crippen molar-refractivity contribution >= 4 is 0 Å². The Labute approximate surface area is 108 Å². The van der Waals surface area contributed by atoms with Crippen molar-refractivity contribution in [1.29, 1.82) is 0 Å². The molecule has 1 aromatic heterocycles. The first-order chi connectivity index (χ1) is 8.74. The highest BCUT2D eigenvalue weighted by molar-refractivity contribution is 5.12. The Morgan fingerprint density at radius 2 is 2.17 bits per heavy atom. The number of piperidine rings is 1. The predicted molar refractivity (Wildman–Crippen MR) is 70.7 cm³/mol. The minimum Gasteiger partial charge on any atom is -0.302 e. The first-order valence-corrected chi connectivity index (χ1v) is 7.00. The number of aromatic nitrogens is 2. The van der Waals surface area contributed by atoms with Gasteiger partial charge in [-0.1, -0.05) is 6.42 Å². The zero-order valence-electron chi connectivity index (χ0n) is 11.0. The lowest BCUT2D eigenvalue weighted by atomic mass is 10.0. The van der Waals surface area contributed by atoms with Crippen LogP contribution in [0.25, 0.3) is 0 Å². The van der Waals surface area contributed by atoms with Crippen LogP contribution in [0.3, 0.4) is 0 Å². The van der Waals surface area contributed by atoms with Crippen LogP contribution in [-0.4, -0.2) is 34.1 Å². The molecule has 0 bridgehead atoms. The highest BCUT2D eigenvalue weighted by Crippen LogP contribution is 2.38. The van der Waals surface area contributed by atoms with Gasteiger partial charge in [-0.05, 0) is 39.3 Å². The first kappa shape index (κ1) is 11.9. The molecule has 2 aliphatic rings. The minimum absolute atomic E-state index is 0.117. The van der Waals surface area contributed by atoms with Crippen LogP contribution in [0.1, 0.15) is 43.7 Å². The molecule has 2 fully saturated rings. The van der Waals surface area contributed by atoms with E-state index in [9.17, 15) is 4.79 Å². The van der Waals surface area contributed by atoms with Gasteiger partial charge in [0.25, 0.3) is 5.56 Å². The fraction of sp³-hybridized carbons (Fsp3) is 0.714. The van der Waals surface area contributed by atoms with Crippen molar-refractivity contribution < 1.29 is 0 Å². The number of nitrogens with zero attached hydrogens (tertiary/aromatic N) is 3. The summed E-state index contributed by atoms with van der Waals surface area (Å²) in [5, 5.41) is 0. The average molecular weight is 247 g/mol. The second kappa shape index (κ2) is 4.84. The molecule has 1 saturated carbocycles. The smallest absolute Gasteiger partial charge is 0.253 e. The van der Waals surface area contributed by atoms with Crippen LogP contribution in [0.5, 0.6) is 0 Å². The minimum atomic E-state index is 0.117. The molecule has 1 atom stereocenters. The van der Waals surface area contributed by atoms with Crippen molar-refractivity contribution in [2.75, 3.05) is 13.6 Å². The Morgan fingerprint density at radius 1 is 1.33 bits per heavy atom. The summed E-state index contributed by atoms with van der Waals surface area (Å²) in [5.41, 5.74) is 1.11. The Morgan fingerprint density at radius 3 is 2.83 bits per heavy atom. The number of likely N-dealkylation sites (N-methyl/N-ethyl adjacent to an activating group) is 1. The van der Waals surface area contributed by atoms with Crippen LogP contribution in [0.4, 0.5) is 0 Å². The second-order valence-electron chi connectivity index (χ2n) is 5.71. The largest absolute Gasteiger partial charge is 0.302 e. The first-order valence-electron chi connectivity index (χ1n) is 7.00. The highest BCUT2D eigenvalue weighted by atomic mass is 16.1. The third-order valence-corrected chi connectivity index (χ3v) is 4.23. The highest BCUT2D eigenvalue weighted by Gasteiger charge is 2.26. The van der Waals surface area contributed by atoms with Crippen LogP contribution >= 0.6 is 0 Å². The molecular formula is C14H21N3O. The SMILES string of the molecule is CN1CCCCC1Cn1cnc(C2CC2)cc1=O. The zero-order valence-corrected chi connectivity index (χ0v) is 11.0. The molecule has 4 nitrogen and oxygen atoms in total. The molecule has 0 spiro atoms. The van der Waals surface area contributed by atoms with E-state index in [-0.39, 0.29) is 5.56 Å². The fourth-order valence-corrected chi connectivity index (χ4v) is 2.78. The van der Waals surface area contributed by atoms with Gasteiger partial charge in [0.05, 0.1) is 12.0 Å². The van der Waals surface area contributed by atoms with Crippen LogP contribution in [0.2, 0.25) is 0 Å². The molecule has 1 unspecified atom stereocenters. The molecule has 98 valence electrons. The zero-order chi connectivity index (χ0) is 12.5. The number of hydrogen-bond donors (Lipinski definition) is 0. The maximum atomic E-state index is 12.1. The van der Waals surface area contributed by atoms with E-state index < -0.39 is 0 Å². The van der Waals surface area contributed by atoms with E-state index in [1.165, 1.54) is 32.1 Å². The lowest BCUT2D eigenvalue weighted by Crippen LogP contribution is -2.41. The van der Waals surface area contributed by atoms with Gasteiger partial charge in [0.2, 0.25) is 0 Å². The van der Waals surface area contributed by atoms with E-state index in [1.54, 1.807) is 17.0 Å². The van der Waals surface area contributed by atoms with E-state index in [0.717, 1.165) is 18.8 Å². The van der Waals surface area contributed by atoms with Gasteiger partial charge in [-0.25, -0.2) is 4.98 Å². The van der Waals surface area contributed by atoms with Crippen molar-refractivity contribution in [1.82, 2.24) is 14.5 Å². The molecule has 1 aliphatic carbocycles. The monoisotopic (exact) mass is 247 g/mol. The third kappa shape index (κ3) is 2.48. The van der Waals surface area contributed by atoms with Gasteiger partial charge in [-0.15, -0.1) is 0 Å². The number of hydrogen-bond acceptors (Lipinski definition) is 3. The molecule has 3 rings (SSSR count). The summed E-state index contributed by atoms with van der Waals surface area (Å²) in [6, 6.07) is 2.23. The Balaban J connectivity index is 1.73. The maximum absolute atomic E-state index is 12.1. The fourth-order valence-electron chi connectivity index (χ4n) is 2.78. The van der Waals surface area contributed by atoms with Crippen molar-refractivity contribution in [2.24, 2.45) is 0 Å². The molecule has 0 radical (unpaired) electrons. The topological polar surface area (TPSA) is 38.1 Å². The predicted octanol–water partition coefficient (Wildman–Crippen LogP) is 1.60. The molecule has 0 amide bonds. The van der Waals surface area contributed by atoms with Gasteiger partial charge in [-0.3, -0.25) is 9.36 Å². The lowest BCUT2D eigenvalue weighted by molar-refractivity contribution is 0.166. The molecule has 0 N–H and O–H groups in total. The summed E-state index contributed by atoms with van der Waals surface area (Å²) in [7, 11) is 2.15. The Bertz CT molecular complexity index is 478. The average Bonchev–Trinajstić information content (AvgIpc) is 3.18. The van der Waals surface area contributed by atoms with Gasteiger partial charge in [0, 0.05) is 24.6 Å². The summed E-state index contributed by atoms with van der Waals surface area (Å²) in [5.74, 6) is 0.560. The normalized spacial score (nSPS) is 25.3. The summed E-state index contributed by atoms with van der Waals surface area (Å²) >= 11 is 0. The molecular weight excluding hydrogens is 226 g/mol. The molecule has 1 aliphatic heterocycles. The third-order valence-electron chi connectivity index (χ3n) is 4.23. The van der Waals surface area contributed by atoms with Crippen LogP contribution < -0.4 is 5.56 Å². The van der Waals surface area contributed by atoms with Gasteiger partial charge in [0.1, 0.15) is 0 Å². The summed E-state index contributed by atoms with van der Waals surface area (Å²) in [4.78, 5) is 18.9. The number of rotatable bonds is 3. The molecule has 4 heteroatoms. The van der Waals surface area contributed by atoms with Gasteiger partial charge in [-0.2, -0.15) is 0 Å². The van der Waals surface area contributed by atoms with Crippen LogP contribution in [0.15, 0.2) is 17.2 Å². The number of likely N-dealkylation sites (tertiary alicyclic amines) is 1. The van der Waals surface area contributed by atoms with E-state index in [2.05, 4.69) is 16.9 Å². The van der Waals surface area contributed by atoms with E-state index in [0.29, 0.717) is 12.0 Å². The molecule has 2 heterocycles. The van der Waals surface area contributed by atoms with Gasteiger partial charge < -0.3 is 4.90 Å². The van der Waals surface area contributed by atoms with E-state index >= 15 is 0 Å². The Kier molecular flexibility index (Phi) is 3.20. The van der Waals surface area contributed by atoms with E-state index in [1.807, 2.05) is 0 Å². The molecule has 1 saturated heterocycles. The van der Waals surface area contributed by atoms with Gasteiger partial charge >= 0.3 is 0 Å². The molecule has 0 aromatic carbocycles. The van der Waals surface area contributed by atoms with Crippen molar-refractivity contribution in [3.05, 3.63) is 28.4 Å². The van der Waals surface area contributed by atoms with Gasteiger partial charge in [0.15, 0.2) is 0 Å². The van der Waals surface area contributed by atoms with Crippen LogP contribution in [-0.2, 0) is 6.54 Å². The standard InChI is InChI=1S/C14H21N3O/c1-16-7-3-2-4-12(16)9-17-10-15-13(8-14(17)18)11-5-6-11/h8,10-12H,2-7,9H2,1H3. The van der Waals surface area contributed by atoms with Crippen molar-refractivity contribution in [2.45, 2.75) is 50.6 Å². The summed E-state index contributed by atoms with van der Waals surface area (Å²) < 4.78 is 1.78. The quantitative estimate of drug-likeness (QED) is 0.814. The molecule has 1 aromatic rings. The summed E-state index contributed by atoms with van der Waals surface area (Å²) in [6.07, 6.45) is 7.88. The van der Waals surface area contributed by atoms with E-state index in [4.69, 9.17) is 0 Å². The lowest BCUT2D eigenvalue weighted by Gasteiger charge is -2.32. The second-order valence-corrected chi connectivity index (χ2v) is 5.71. The van der Waals surface area contributed by atoms with Crippen molar-refractivity contribution in [3.63, 3.8) is 0 Å². The Hall–Kier alpha value is -1.16. The molecule has 18 heavy (non-hydrogen) atoms. The summed E-state index contributed by atoms with van der Waals surface area (Å²) in [6.45, 7) is 1.93.